The van der Waals surface area contributed by atoms with Gasteiger partial charge in [-0.2, -0.15) is 0 Å². The standard InChI is InChI=1S/C9H22ClN2O4P/c1-2-15-9-7-12(6-4-10)17(13,14)16-8-3-5-11/h2-9,11H2,1H3,(H,13,14). The molecule has 0 aromatic rings. The number of hydrogen-bond acceptors (Lipinski definition) is 4. The van der Waals surface area contributed by atoms with Gasteiger partial charge in [0.15, 0.2) is 0 Å². The first kappa shape index (κ1) is 17.3. The van der Waals surface area contributed by atoms with Crippen molar-refractivity contribution in [3.05, 3.63) is 0 Å². The summed E-state index contributed by atoms with van der Waals surface area (Å²) in [5.74, 6) is 0.261. The number of hydrogen-bond donors (Lipinski definition) is 2. The molecule has 17 heavy (non-hydrogen) atoms. The first-order chi connectivity index (χ1) is 8.08. The second-order valence-corrected chi connectivity index (χ2v) is 5.49. The summed E-state index contributed by atoms with van der Waals surface area (Å²) in [6, 6.07) is 0. The zero-order valence-corrected chi connectivity index (χ0v) is 11.8. The molecular formula is C9H22ClN2O4P. The highest BCUT2D eigenvalue weighted by atomic mass is 35.5. The Morgan fingerprint density at radius 3 is 2.65 bits per heavy atom. The van der Waals surface area contributed by atoms with Gasteiger partial charge in [0.25, 0.3) is 0 Å². The molecule has 0 saturated heterocycles. The van der Waals surface area contributed by atoms with Crippen LogP contribution >= 0.6 is 19.3 Å². The van der Waals surface area contributed by atoms with Crippen molar-refractivity contribution >= 4 is 19.3 Å². The molecule has 0 aliphatic rings. The van der Waals surface area contributed by atoms with Crippen LogP contribution < -0.4 is 5.73 Å². The Labute approximate surface area is 108 Å². The maximum atomic E-state index is 11.9. The van der Waals surface area contributed by atoms with Crippen LogP contribution in [0.25, 0.3) is 0 Å². The van der Waals surface area contributed by atoms with Crippen LogP contribution in [0.4, 0.5) is 0 Å². The summed E-state index contributed by atoms with van der Waals surface area (Å²) < 4.78 is 23.3. The molecule has 0 radical (unpaired) electrons. The molecule has 0 aromatic carbocycles. The summed E-state index contributed by atoms with van der Waals surface area (Å²) in [6.07, 6.45) is 0.546. The first-order valence-corrected chi connectivity index (χ1v) is 7.71. The smallest absolute Gasteiger partial charge is 0.380 e. The van der Waals surface area contributed by atoms with E-state index in [2.05, 4.69) is 0 Å². The van der Waals surface area contributed by atoms with E-state index in [1.54, 1.807) is 0 Å². The molecule has 1 unspecified atom stereocenters. The molecule has 104 valence electrons. The van der Waals surface area contributed by atoms with Crippen LogP contribution in [0, 0.1) is 0 Å². The third-order valence-electron chi connectivity index (χ3n) is 2.01. The molecule has 0 bridgehead atoms. The summed E-state index contributed by atoms with van der Waals surface area (Å²) in [5.41, 5.74) is 5.28. The van der Waals surface area contributed by atoms with Gasteiger partial charge in [0.1, 0.15) is 0 Å². The highest BCUT2D eigenvalue weighted by molar-refractivity contribution is 7.50. The van der Waals surface area contributed by atoms with Crippen LogP contribution in [-0.4, -0.2) is 54.9 Å². The Morgan fingerprint density at radius 1 is 1.41 bits per heavy atom. The lowest BCUT2D eigenvalue weighted by Crippen LogP contribution is -2.28. The van der Waals surface area contributed by atoms with E-state index in [0.717, 1.165) is 0 Å². The normalized spacial score (nSPS) is 15.1. The van der Waals surface area contributed by atoms with Crippen LogP contribution in [0.15, 0.2) is 0 Å². The SMILES string of the molecule is CCOCCN(CCCl)P(=O)(O)OCCCN. The minimum Gasteiger partial charge on any atom is -0.380 e. The molecule has 0 aromatic heterocycles. The molecule has 0 heterocycles. The minimum atomic E-state index is -3.78. The molecule has 0 rings (SSSR count). The Balaban J connectivity index is 4.18. The molecule has 0 amide bonds. The lowest BCUT2D eigenvalue weighted by atomic mass is 10.5. The van der Waals surface area contributed by atoms with Crippen LogP contribution in [-0.2, 0) is 13.8 Å². The van der Waals surface area contributed by atoms with Crippen LogP contribution in [0.1, 0.15) is 13.3 Å². The zero-order chi connectivity index (χ0) is 13.1. The van der Waals surface area contributed by atoms with Crippen LogP contribution in [0.5, 0.6) is 0 Å². The fraction of sp³-hybridized carbons (Fsp3) is 1.00. The average molecular weight is 289 g/mol. The molecule has 0 aliphatic heterocycles. The summed E-state index contributed by atoms with van der Waals surface area (Å²) in [7, 11) is -3.78. The quantitative estimate of drug-likeness (QED) is 0.335. The third kappa shape index (κ3) is 8.11. The number of nitrogens with zero attached hydrogens (tertiary/aromatic N) is 1. The number of rotatable bonds is 11. The number of alkyl halides is 1. The van der Waals surface area contributed by atoms with Crippen molar-refractivity contribution in [1.29, 1.82) is 0 Å². The van der Waals surface area contributed by atoms with Gasteiger partial charge in [0.2, 0.25) is 0 Å². The fourth-order valence-electron chi connectivity index (χ4n) is 1.12. The Bertz CT molecular complexity index is 233. The molecule has 0 aliphatic carbocycles. The van der Waals surface area contributed by atoms with Gasteiger partial charge >= 0.3 is 7.75 Å². The molecule has 3 N–H and O–H groups in total. The Kier molecular flexibility index (Phi) is 10.5. The molecule has 0 fully saturated rings. The number of nitrogens with two attached hydrogens (primary N) is 1. The van der Waals surface area contributed by atoms with Crippen molar-refractivity contribution in [2.75, 3.05) is 45.3 Å². The number of ether oxygens (including phenoxy) is 1. The molecule has 0 saturated carbocycles. The van der Waals surface area contributed by atoms with E-state index in [-0.39, 0.29) is 19.0 Å². The van der Waals surface area contributed by atoms with E-state index in [1.165, 1.54) is 4.67 Å². The van der Waals surface area contributed by atoms with Crippen LogP contribution in [0.2, 0.25) is 0 Å². The van der Waals surface area contributed by atoms with Crippen molar-refractivity contribution in [3.63, 3.8) is 0 Å². The van der Waals surface area contributed by atoms with Gasteiger partial charge in [-0.1, -0.05) is 0 Å². The summed E-state index contributed by atoms with van der Waals surface area (Å²) in [6.45, 7) is 3.99. The van der Waals surface area contributed by atoms with Gasteiger partial charge in [-0.25, -0.2) is 9.24 Å². The van der Waals surface area contributed by atoms with Gasteiger partial charge in [-0.15, -0.1) is 11.6 Å². The summed E-state index contributed by atoms with van der Waals surface area (Å²) >= 11 is 5.59. The second kappa shape index (κ2) is 10.3. The van der Waals surface area contributed by atoms with E-state index in [0.29, 0.717) is 32.7 Å². The minimum absolute atomic E-state index is 0.164. The third-order valence-corrected chi connectivity index (χ3v) is 3.81. The van der Waals surface area contributed by atoms with E-state index >= 15 is 0 Å². The molecular weight excluding hydrogens is 267 g/mol. The van der Waals surface area contributed by atoms with Gasteiger partial charge in [-0.3, -0.25) is 4.52 Å². The zero-order valence-electron chi connectivity index (χ0n) is 10.2. The van der Waals surface area contributed by atoms with Crippen molar-refractivity contribution in [2.45, 2.75) is 13.3 Å². The highest BCUT2D eigenvalue weighted by Gasteiger charge is 2.28. The van der Waals surface area contributed by atoms with Crippen LogP contribution in [0.3, 0.4) is 0 Å². The first-order valence-electron chi connectivity index (χ1n) is 5.65. The van der Waals surface area contributed by atoms with Crippen molar-refractivity contribution in [2.24, 2.45) is 5.73 Å². The van der Waals surface area contributed by atoms with E-state index in [9.17, 15) is 9.46 Å². The lowest BCUT2D eigenvalue weighted by molar-refractivity contribution is 0.121. The van der Waals surface area contributed by atoms with Crippen molar-refractivity contribution < 1.29 is 18.7 Å². The van der Waals surface area contributed by atoms with E-state index in [4.69, 9.17) is 26.6 Å². The molecule has 6 nitrogen and oxygen atoms in total. The Hall–Kier alpha value is 0.320. The summed E-state index contributed by atoms with van der Waals surface area (Å²) in [5, 5.41) is 0. The monoisotopic (exact) mass is 288 g/mol. The topological polar surface area (TPSA) is 85.0 Å². The van der Waals surface area contributed by atoms with E-state index < -0.39 is 7.75 Å². The molecule has 0 spiro atoms. The van der Waals surface area contributed by atoms with Crippen molar-refractivity contribution in [1.82, 2.24) is 4.67 Å². The fourth-order valence-corrected chi connectivity index (χ4v) is 2.66. The number of halogens is 1. The Morgan fingerprint density at radius 2 is 2.12 bits per heavy atom. The van der Waals surface area contributed by atoms with E-state index in [1.807, 2.05) is 6.92 Å². The largest absolute Gasteiger partial charge is 0.405 e. The molecule has 8 heteroatoms. The maximum absolute atomic E-state index is 11.9. The predicted octanol–water partition coefficient (Wildman–Crippen LogP) is 1.03. The van der Waals surface area contributed by atoms with Gasteiger partial charge in [0, 0.05) is 25.6 Å². The lowest BCUT2D eigenvalue weighted by Gasteiger charge is -2.25. The predicted molar refractivity (Wildman–Crippen MR) is 68.2 cm³/mol. The average Bonchev–Trinajstić information content (AvgIpc) is 2.28. The highest BCUT2D eigenvalue weighted by Crippen LogP contribution is 2.45. The van der Waals surface area contributed by atoms with Gasteiger partial charge in [-0.05, 0) is 19.9 Å². The second-order valence-electron chi connectivity index (χ2n) is 3.31. The molecule has 1 atom stereocenters. The van der Waals surface area contributed by atoms with Gasteiger partial charge < -0.3 is 15.4 Å². The van der Waals surface area contributed by atoms with Crippen molar-refractivity contribution in [3.8, 4) is 0 Å². The van der Waals surface area contributed by atoms with Gasteiger partial charge in [0.05, 0.1) is 13.2 Å². The summed E-state index contributed by atoms with van der Waals surface area (Å²) in [4.78, 5) is 9.74. The maximum Gasteiger partial charge on any atom is 0.405 e.